The van der Waals surface area contributed by atoms with Crippen LogP contribution in [-0.2, 0) is 11.3 Å². The van der Waals surface area contributed by atoms with Gasteiger partial charge in [-0.2, -0.15) is 0 Å². The molecule has 170 valence electrons. The summed E-state index contributed by atoms with van der Waals surface area (Å²) in [4.78, 5) is 50.9. The van der Waals surface area contributed by atoms with Gasteiger partial charge >= 0.3 is 5.76 Å². The number of aromatic nitrogens is 1. The lowest BCUT2D eigenvalue weighted by molar-refractivity contribution is -0.116. The number of fused-ring (bicyclic) bond motifs is 2. The van der Waals surface area contributed by atoms with Crippen molar-refractivity contribution in [2.24, 2.45) is 0 Å². The summed E-state index contributed by atoms with van der Waals surface area (Å²) in [6, 6.07) is 18.3. The first-order valence-corrected chi connectivity index (χ1v) is 11.0. The topological polar surface area (TPSA) is 102 Å². The number of hydrogen-bond acceptors (Lipinski definition) is 5. The average molecular weight is 476 g/mol. The van der Waals surface area contributed by atoms with Crippen molar-refractivity contribution in [3.05, 3.63) is 93.4 Å². The van der Waals surface area contributed by atoms with Gasteiger partial charge in [-0.05, 0) is 48.9 Å². The number of carbonyl (C=O) groups is 3. The number of nitrogens with one attached hydrogen (secondary N) is 1. The van der Waals surface area contributed by atoms with Crippen molar-refractivity contribution in [3.8, 4) is 0 Å². The number of halogens is 1. The van der Waals surface area contributed by atoms with E-state index in [2.05, 4.69) is 5.32 Å². The molecule has 0 bridgehead atoms. The summed E-state index contributed by atoms with van der Waals surface area (Å²) in [7, 11) is 0. The smallest absolute Gasteiger partial charge is 0.408 e. The summed E-state index contributed by atoms with van der Waals surface area (Å²) in [5, 5.41) is 2.91. The Morgan fingerprint density at radius 3 is 2.29 bits per heavy atom. The first kappa shape index (κ1) is 21.7. The second kappa shape index (κ2) is 8.64. The molecule has 0 fully saturated rings. The molecule has 4 aromatic rings. The van der Waals surface area contributed by atoms with Crippen LogP contribution in [0.5, 0.6) is 0 Å². The molecule has 0 saturated carbocycles. The minimum absolute atomic E-state index is 0.156. The number of nitrogens with zero attached hydrogens (tertiary/aromatic N) is 2. The van der Waals surface area contributed by atoms with Crippen LogP contribution in [0.1, 0.15) is 33.6 Å². The molecule has 8 nitrogen and oxygen atoms in total. The van der Waals surface area contributed by atoms with Crippen molar-refractivity contribution in [2.75, 3.05) is 10.2 Å². The Hall–Kier alpha value is -4.17. The van der Waals surface area contributed by atoms with Gasteiger partial charge in [-0.1, -0.05) is 35.9 Å². The highest BCUT2D eigenvalue weighted by Crippen LogP contribution is 2.34. The lowest BCUT2D eigenvalue weighted by atomic mass is 10.1. The van der Waals surface area contributed by atoms with Crippen molar-refractivity contribution in [3.63, 3.8) is 0 Å². The van der Waals surface area contributed by atoms with Gasteiger partial charge in [-0.25, -0.2) is 9.69 Å². The van der Waals surface area contributed by atoms with Crippen LogP contribution in [0.2, 0.25) is 5.02 Å². The van der Waals surface area contributed by atoms with Gasteiger partial charge in [0.25, 0.3) is 11.8 Å². The van der Waals surface area contributed by atoms with E-state index in [4.69, 9.17) is 16.0 Å². The number of hydrogen-bond donors (Lipinski definition) is 1. The van der Waals surface area contributed by atoms with Crippen molar-refractivity contribution in [1.82, 2.24) is 4.57 Å². The molecule has 3 amide bonds. The average Bonchev–Trinajstić information content (AvgIpc) is 3.27. The van der Waals surface area contributed by atoms with Gasteiger partial charge in [0.1, 0.15) is 0 Å². The van der Waals surface area contributed by atoms with Gasteiger partial charge in [0.15, 0.2) is 5.58 Å². The number of oxazole rings is 1. The maximum atomic E-state index is 12.7. The van der Waals surface area contributed by atoms with E-state index in [1.807, 2.05) is 6.07 Å². The molecule has 1 aromatic heterocycles. The third-order valence-electron chi connectivity index (χ3n) is 5.63. The van der Waals surface area contributed by atoms with Crippen molar-refractivity contribution >= 4 is 51.8 Å². The molecule has 1 aliphatic heterocycles. The van der Waals surface area contributed by atoms with Crippen molar-refractivity contribution in [1.29, 1.82) is 0 Å². The Morgan fingerprint density at radius 1 is 0.912 bits per heavy atom. The number of amides is 3. The molecular weight excluding hydrogens is 458 g/mol. The highest BCUT2D eigenvalue weighted by molar-refractivity contribution is 6.40. The molecule has 2 heterocycles. The van der Waals surface area contributed by atoms with E-state index in [-0.39, 0.29) is 23.0 Å². The molecule has 3 aromatic carbocycles. The molecule has 5 rings (SSSR count). The third kappa shape index (κ3) is 3.78. The van der Waals surface area contributed by atoms with Crippen LogP contribution in [-0.4, -0.2) is 22.3 Å². The molecular formula is C25H18ClN3O5. The highest BCUT2D eigenvalue weighted by atomic mass is 35.5. The molecule has 0 radical (unpaired) electrons. The predicted octanol–water partition coefficient (Wildman–Crippen LogP) is 4.47. The number of aryl methyl sites for hydroxylation is 1. The quantitative estimate of drug-likeness (QED) is 0.415. The molecule has 0 aliphatic carbocycles. The summed E-state index contributed by atoms with van der Waals surface area (Å²) in [5.74, 6) is -1.61. The molecule has 9 heteroatoms. The standard InChI is InChI=1S/C25H18ClN3O5/c26-18-14-15(11-12-19(18)29-23(31)16-6-1-2-7-17(16)24(29)32)27-22(30)10-5-13-28-20-8-3-4-9-21(20)34-25(28)33/h1-4,6-9,11-12,14H,5,10,13H2,(H,27,30). The zero-order valence-corrected chi connectivity index (χ0v) is 18.5. The Labute approximate surface area is 198 Å². The number of rotatable bonds is 6. The van der Waals surface area contributed by atoms with Crippen LogP contribution in [0.15, 0.2) is 75.9 Å². The SMILES string of the molecule is O=C(CCCn1c(=O)oc2ccccc21)Nc1ccc(N2C(=O)c3ccccc3C2=O)c(Cl)c1. The minimum Gasteiger partial charge on any atom is -0.408 e. The summed E-state index contributed by atoms with van der Waals surface area (Å²) in [6.07, 6.45) is 0.597. The van der Waals surface area contributed by atoms with Gasteiger partial charge in [0.2, 0.25) is 5.91 Å². The van der Waals surface area contributed by atoms with E-state index in [1.165, 1.54) is 16.7 Å². The molecule has 0 saturated heterocycles. The molecule has 0 unspecified atom stereocenters. The zero-order valence-electron chi connectivity index (χ0n) is 17.8. The Morgan fingerprint density at radius 2 is 1.59 bits per heavy atom. The van der Waals surface area contributed by atoms with Gasteiger partial charge in [-0.15, -0.1) is 0 Å². The zero-order chi connectivity index (χ0) is 23.8. The number of benzene rings is 3. The number of para-hydroxylation sites is 2. The molecule has 1 N–H and O–H groups in total. The second-order valence-electron chi connectivity index (χ2n) is 7.80. The fourth-order valence-corrected chi connectivity index (χ4v) is 4.29. The lowest BCUT2D eigenvalue weighted by Gasteiger charge is -2.16. The summed E-state index contributed by atoms with van der Waals surface area (Å²) < 4.78 is 6.69. The Kier molecular flexibility index (Phi) is 5.51. The summed E-state index contributed by atoms with van der Waals surface area (Å²) in [5.41, 5.74) is 2.52. The first-order valence-electron chi connectivity index (χ1n) is 10.6. The van der Waals surface area contributed by atoms with Crippen LogP contribution in [0.25, 0.3) is 11.1 Å². The van der Waals surface area contributed by atoms with Crippen LogP contribution in [0.3, 0.4) is 0 Å². The largest absolute Gasteiger partial charge is 0.419 e. The van der Waals surface area contributed by atoms with Crippen molar-refractivity contribution in [2.45, 2.75) is 19.4 Å². The maximum absolute atomic E-state index is 12.7. The molecule has 1 aliphatic rings. The van der Waals surface area contributed by atoms with E-state index in [0.29, 0.717) is 40.9 Å². The normalized spacial score (nSPS) is 12.9. The van der Waals surface area contributed by atoms with Gasteiger partial charge in [-0.3, -0.25) is 19.0 Å². The van der Waals surface area contributed by atoms with E-state index in [0.717, 1.165) is 4.90 Å². The van der Waals surface area contributed by atoms with Crippen molar-refractivity contribution < 1.29 is 18.8 Å². The Bertz CT molecular complexity index is 1490. The van der Waals surface area contributed by atoms with E-state index in [1.54, 1.807) is 48.5 Å². The number of anilines is 2. The van der Waals surface area contributed by atoms with E-state index < -0.39 is 17.6 Å². The predicted molar refractivity (Wildman–Crippen MR) is 127 cm³/mol. The molecule has 34 heavy (non-hydrogen) atoms. The lowest BCUT2D eigenvalue weighted by Crippen LogP contribution is -2.29. The van der Waals surface area contributed by atoms with Crippen LogP contribution in [0.4, 0.5) is 11.4 Å². The summed E-state index contributed by atoms with van der Waals surface area (Å²) >= 11 is 6.37. The third-order valence-corrected chi connectivity index (χ3v) is 5.93. The van der Waals surface area contributed by atoms with Crippen LogP contribution >= 0.6 is 11.6 Å². The first-order chi connectivity index (χ1) is 16.4. The fraction of sp³-hybridized carbons (Fsp3) is 0.120. The molecule has 0 atom stereocenters. The highest BCUT2D eigenvalue weighted by Gasteiger charge is 2.37. The monoisotopic (exact) mass is 475 g/mol. The van der Waals surface area contributed by atoms with E-state index in [9.17, 15) is 19.2 Å². The maximum Gasteiger partial charge on any atom is 0.419 e. The summed E-state index contributed by atoms with van der Waals surface area (Å²) in [6.45, 7) is 0.336. The van der Waals surface area contributed by atoms with Gasteiger partial charge in [0.05, 0.1) is 27.4 Å². The number of imide groups is 1. The van der Waals surface area contributed by atoms with Crippen LogP contribution < -0.4 is 16.0 Å². The van der Waals surface area contributed by atoms with Gasteiger partial charge < -0.3 is 9.73 Å². The fourth-order valence-electron chi connectivity index (χ4n) is 4.02. The second-order valence-corrected chi connectivity index (χ2v) is 8.20. The molecule has 0 spiro atoms. The number of carbonyl (C=O) groups excluding carboxylic acids is 3. The van der Waals surface area contributed by atoms with E-state index >= 15 is 0 Å². The minimum atomic E-state index is -0.461. The Balaban J connectivity index is 1.23. The van der Waals surface area contributed by atoms with Gasteiger partial charge in [0, 0.05) is 18.7 Å². The van der Waals surface area contributed by atoms with Crippen LogP contribution in [0, 0.1) is 0 Å².